The van der Waals surface area contributed by atoms with Crippen LogP contribution in [0.1, 0.15) is 12.1 Å². The first-order valence-corrected chi connectivity index (χ1v) is 4.95. The van der Waals surface area contributed by atoms with Gasteiger partial charge in [-0.2, -0.15) is 0 Å². The van der Waals surface area contributed by atoms with E-state index in [2.05, 4.69) is 5.16 Å². The zero-order chi connectivity index (χ0) is 11.5. The molecule has 0 radical (unpaired) electrons. The van der Waals surface area contributed by atoms with Crippen molar-refractivity contribution in [3.63, 3.8) is 0 Å². The average molecular weight is 220 g/mol. The number of hydrogen-bond acceptors (Lipinski definition) is 3. The van der Waals surface area contributed by atoms with Crippen molar-refractivity contribution in [2.24, 2.45) is 7.05 Å². The van der Waals surface area contributed by atoms with Gasteiger partial charge in [-0.15, -0.1) is 0 Å². The highest BCUT2D eigenvalue weighted by Gasteiger charge is 2.08. The Hall–Kier alpha value is -2.04. The first kappa shape index (κ1) is 10.5. The molecule has 0 saturated heterocycles. The molecule has 2 aromatic rings. The summed E-state index contributed by atoms with van der Waals surface area (Å²) in [5, 5.41) is 12.4. The Morgan fingerprint density at radius 1 is 1.62 bits per heavy atom. The molecule has 5 heteroatoms. The molecule has 0 atom stereocenters. The van der Waals surface area contributed by atoms with E-state index in [1.165, 1.54) is 0 Å². The maximum Gasteiger partial charge on any atom is 0.303 e. The third-order valence-corrected chi connectivity index (χ3v) is 2.27. The monoisotopic (exact) mass is 220 g/mol. The molecule has 0 saturated carbocycles. The number of aliphatic carboxylic acids is 1. The lowest BCUT2D eigenvalue weighted by Gasteiger charge is -1.88. The summed E-state index contributed by atoms with van der Waals surface area (Å²) in [5.74, 6) is -0.162. The predicted molar refractivity (Wildman–Crippen MR) is 56.9 cm³/mol. The summed E-state index contributed by atoms with van der Waals surface area (Å²) >= 11 is 0. The van der Waals surface area contributed by atoms with Gasteiger partial charge in [0, 0.05) is 37.5 Å². The molecule has 0 aliphatic heterocycles. The van der Waals surface area contributed by atoms with Crippen molar-refractivity contribution in [1.29, 1.82) is 0 Å². The second kappa shape index (κ2) is 4.22. The molecular weight excluding hydrogens is 208 g/mol. The van der Waals surface area contributed by atoms with E-state index in [0.717, 1.165) is 5.56 Å². The molecule has 0 amide bonds. The van der Waals surface area contributed by atoms with Crippen molar-refractivity contribution in [2.75, 3.05) is 0 Å². The summed E-state index contributed by atoms with van der Waals surface area (Å²) in [6.45, 7) is 0. The van der Waals surface area contributed by atoms with Crippen molar-refractivity contribution in [3.8, 4) is 11.3 Å². The molecule has 0 unspecified atom stereocenters. The van der Waals surface area contributed by atoms with Crippen molar-refractivity contribution >= 4 is 5.97 Å². The lowest BCUT2D eigenvalue weighted by Crippen LogP contribution is -1.97. The maximum absolute atomic E-state index is 10.4. The van der Waals surface area contributed by atoms with Gasteiger partial charge in [-0.25, -0.2) is 0 Å². The number of carboxylic acids is 1. The van der Waals surface area contributed by atoms with E-state index in [4.69, 9.17) is 9.63 Å². The van der Waals surface area contributed by atoms with Gasteiger partial charge in [0.05, 0.1) is 12.1 Å². The minimum absolute atomic E-state index is 0.0702. The van der Waals surface area contributed by atoms with E-state index in [-0.39, 0.29) is 6.42 Å². The van der Waals surface area contributed by atoms with Crippen LogP contribution in [0.4, 0.5) is 0 Å². The molecule has 0 bridgehead atoms. The van der Waals surface area contributed by atoms with E-state index in [1.807, 2.05) is 30.1 Å². The van der Waals surface area contributed by atoms with Gasteiger partial charge in [0.15, 0.2) is 5.76 Å². The summed E-state index contributed by atoms with van der Waals surface area (Å²) < 4.78 is 7.05. The topological polar surface area (TPSA) is 68.3 Å². The summed E-state index contributed by atoms with van der Waals surface area (Å²) in [4.78, 5) is 10.4. The molecule has 1 N–H and O–H groups in total. The molecular formula is C11H12N2O3. The SMILES string of the molecule is Cn1ccc(-c2cc(CCC(=O)O)no2)c1. The van der Waals surface area contributed by atoms with Gasteiger partial charge < -0.3 is 14.2 Å². The molecule has 0 aromatic carbocycles. The van der Waals surface area contributed by atoms with Crippen LogP contribution in [0.15, 0.2) is 29.0 Å². The molecule has 0 aliphatic rings. The second-order valence-electron chi connectivity index (χ2n) is 3.64. The summed E-state index contributed by atoms with van der Waals surface area (Å²) in [6.07, 6.45) is 4.29. The van der Waals surface area contributed by atoms with Crippen LogP contribution in [0.3, 0.4) is 0 Å². The molecule has 5 nitrogen and oxygen atoms in total. The fourth-order valence-corrected chi connectivity index (χ4v) is 1.45. The summed E-state index contributed by atoms with van der Waals surface area (Å²) in [7, 11) is 1.92. The Kier molecular flexibility index (Phi) is 2.76. The normalized spacial score (nSPS) is 10.6. The summed E-state index contributed by atoms with van der Waals surface area (Å²) in [6, 6.07) is 3.69. The minimum atomic E-state index is -0.829. The Bertz CT molecular complexity index is 499. The highest BCUT2D eigenvalue weighted by molar-refractivity contribution is 5.67. The van der Waals surface area contributed by atoms with Crippen LogP contribution in [0.5, 0.6) is 0 Å². The van der Waals surface area contributed by atoms with Crippen LogP contribution >= 0.6 is 0 Å². The number of aryl methyl sites for hydroxylation is 2. The van der Waals surface area contributed by atoms with Crippen LogP contribution in [0.2, 0.25) is 0 Å². The van der Waals surface area contributed by atoms with Gasteiger partial charge >= 0.3 is 5.97 Å². The first-order valence-electron chi connectivity index (χ1n) is 4.95. The van der Waals surface area contributed by atoms with Gasteiger partial charge in [0.2, 0.25) is 0 Å². The zero-order valence-corrected chi connectivity index (χ0v) is 8.88. The number of carbonyl (C=O) groups is 1. The van der Waals surface area contributed by atoms with Gasteiger partial charge in [-0.3, -0.25) is 4.79 Å². The standard InChI is InChI=1S/C11H12N2O3/c1-13-5-4-8(7-13)10-6-9(12-16-10)2-3-11(14)15/h4-7H,2-3H2,1H3,(H,14,15). The van der Waals surface area contributed by atoms with Crippen LogP contribution in [0.25, 0.3) is 11.3 Å². The smallest absolute Gasteiger partial charge is 0.303 e. The Morgan fingerprint density at radius 2 is 2.44 bits per heavy atom. The number of nitrogens with zero attached hydrogens (tertiary/aromatic N) is 2. The van der Waals surface area contributed by atoms with Gasteiger partial charge in [-0.1, -0.05) is 5.16 Å². The Balaban J connectivity index is 2.10. The van der Waals surface area contributed by atoms with E-state index >= 15 is 0 Å². The number of aromatic nitrogens is 2. The fraction of sp³-hybridized carbons (Fsp3) is 0.273. The van der Waals surface area contributed by atoms with Crippen molar-refractivity contribution < 1.29 is 14.4 Å². The van der Waals surface area contributed by atoms with Crippen LogP contribution in [-0.2, 0) is 18.3 Å². The number of carboxylic acid groups (broad SMARTS) is 1. The Morgan fingerprint density at radius 3 is 3.06 bits per heavy atom. The average Bonchev–Trinajstić information content (AvgIpc) is 2.83. The van der Waals surface area contributed by atoms with Crippen molar-refractivity contribution in [3.05, 3.63) is 30.2 Å². The lowest BCUT2D eigenvalue weighted by atomic mass is 10.2. The zero-order valence-electron chi connectivity index (χ0n) is 8.88. The molecule has 0 aliphatic carbocycles. The molecule has 0 spiro atoms. The third kappa shape index (κ3) is 2.31. The van der Waals surface area contributed by atoms with Crippen LogP contribution in [0, 0.1) is 0 Å². The molecule has 2 aromatic heterocycles. The van der Waals surface area contributed by atoms with Crippen LogP contribution < -0.4 is 0 Å². The fourth-order valence-electron chi connectivity index (χ4n) is 1.45. The molecule has 84 valence electrons. The van der Waals surface area contributed by atoms with E-state index in [1.54, 1.807) is 6.07 Å². The maximum atomic E-state index is 10.4. The van der Waals surface area contributed by atoms with Crippen LogP contribution in [-0.4, -0.2) is 20.8 Å². The highest BCUT2D eigenvalue weighted by atomic mass is 16.5. The first-order chi connectivity index (χ1) is 7.65. The highest BCUT2D eigenvalue weighted by Crippen LogP contribution is 2.20. The number of hydrogen-bond donors (Lipinski definition) is 1. The van der Waals surface area contributed by atoms with E-state index in [9.17, 15) is 4.79 Å². The van der Waals surface area contributed by atoms with E-state index in [0.29, 0.717) is 17.9 Å². The lowest BCUT2D eigenvalue weighted by molar-refractivity contribution is -0.136. The quantitative estimate of drug-likeness (QED) is 0.851. The van der Waals surface area contributed by atoms with Crippen molar-refractivity contribution in [2.45, 2.75) is 12.8 Å². The predicted octanol–water partition coefficient (Wildman–Crippen LogP) is 1.70. The minimum Gasteiger partial charge on any atom is -0.481 e. The van der Waals surface area contributed by atoms with E-state index < -0.39 is 5.97 Å². The number of rotatable bonds is 4. The molecule has 2 heterocycles. The molecule has 16 heavy (non-hydrogen) atoms. The van der Waals surface area contributed by atoms with Gasteiger partial charge in [0.1, 0.15) is 0 Å². The second-order valence-corrected chi connectivity index (χ2v) is 3.64. The largest absolute Gasteiger partial charge is 0.481 e. The molecule has 0 fully saturated rings. The summed E-state index contributed by atoms with van der Waals surface area (Å²) in [5.41, 5.74) is 1.61. The third-order valence-electron chi connectivity index (χ3n) is 2.27. The molecule has 2 rings (SSSR count). The van der Waals surface area contributed by atoms with Gasteiger partial charge in [-0.05, 0) is 6.07 Å². The Labute approximate surface area is 92.3 Å². The van der Waals surface area contributed by atoms with Crippen molar-refractivity contribution in [1.82, 2.24) is 9.72 Å². The van der Waals surface area contributed by atoms with Gasteiger partial charge in [0.25, 0.3) is 0 Å².